The van der Waals surface area contributed by atoms with Gasteiger partial charge in [-0.05, 0) is 0 Å². The molecule has 0 bridgehead atoms. The van der Waals surface area contributed by atoms with E-state index in [0.717, 1.165) is 0 Å². The molecule has 0 unspecified atom stereocenters. The molecule has 0 saturated heterocycles. The predicted molar refractivity (Wildman–Crippen MR) is 71.9 cm³/mol. The van der Waals surface area contributed by atoms with Gasteiger partial charge in [0.25, 0.3) is 0 Å². The van der Waals surface area contributed by atoms with Gasteiger partial charge in [0, 0.05) is 0 Å². The predicted octanol–water partition coefficient (Wildman–Crippen LogP) is 3.02. The quantitative estimate of drug-likeness (QED) is 0.551. The molecule has 0 aliphatic heterocycles. The van der Waals surface area contributed by atoms with Crippen LogP contribution in [-0.4, -0.2) is 38.6 Å². The van der Waals surface area contributed by atoms with Crippen molar-refractivity contribution >= 4 is 66.7 Å². The minimum atomic E-state index is -2.30. The molecule has 0 rings (SSSR count). The first kappa shape index (κ1) is 14.3. The van der Waals surface area contributed by atoms with Gasteiger partial charge in [-0.1, -0.05) is 0 Å². The second-order valence-corrected chi connectivity index (χ2v) is 31.8. The molecule has 0 radical (unpaired) electrons. The van der Waals surface area contributed by atoms with Crippen LogP contribution in [0, 0.1) is 0 Å². The van der Waals surface area contributed by atoms with Crippen molar-refractivity contribution in [2.45, 2.75) is 9.88 Å². The summed E-state index contributed by atoms with van der Waals surface area (Å²) < 4.78 is 11.1. The van der Waals surface area contributed by atoms with E-state index in [2.05, 4.69) is 9.88 Å². The number of rotatable bonds is 2. The van der Waals surface area contributed by atoms with Gasteiger partial charge in [-0.25, -0.2) is 0 Å². The minimum absolute atomic E-state index is 0.604. The van der Waals surface area contributed by atoms with Gasteiger partial charge in [0.15, 0.2) is 0 Å². The molecule has 76 valence electrons. The van der Waals surface area contributed by atoms with Crippen LogP contribution in [0.1, 0.15) is 0 Å². The molecule has 0 fully saturated rings. The molecule has 2 nitrogen and oxygen atoms in total. The summed E-state index contributed by atoms with van der Waals surface area (Å²) in [5.41, 5.74) is 0. The van der Waals surface area contributed by atoms with Crippen molar-refractivity contribution in [1.82, 2.24) is 0 Å². The molecule has 0 aliphatic carbocycles. The second kappa shape index (κ2) is 6.71. The Hall–Kier alpha value is 1.28. The molecule has 0 aromatic heterocycles. The first-order chi connectivity index (χ1) is 5.91. The Balaban J connectivity index is 4.07. The summed E-state index contributed by atoms with van der Waals surface area (Å²) in [6.07, 6.45) is 0. The van der Waals surface area contributed by atoms with E-state index in [1.165, 1.54) is 0 Å². The standard InChI is InChI=1S/2C2H4OS2.2CH3.Sn/c2*1-3-2(4)5;;;/h2*1H3,(H,4,5);2*1H3;/q;;;;+2/p-2. The Bertz CT molecular complexity index is 187. The fourth-order valence-corrected chi connectivity index (χ4v) is 24.6. The van der Waals surface area contributed by atoms with Crippen LogP contribution in [0.25, 0.3) is 0 Å². The van der Waals surface area contributed by atoms with Crippen LogP contribution in [0.2, 0.25) is 9.88 Å². The van der Waals surface area contributed by atoms with E-state index in [-0.39, 0.29) is 0 Å². The molecule has 0 N–H and O–H groups in total. The first-order valence-electron chi connectivity index (χ1n) is 3.45. The zero-order chi connectivity index (χ0) is 10.5. The van der Waals surface area contributed by atoms with Gasteiger partial charge in [-0.3, -0.25) is 0 Å². The fourth-order valence-electron chi connectivity index (χ4n) is 0.506. The molecule has 0 saturated carbocycles. The van der Waals surface area contributed by atoms with E-state index in [1.54, 1.807) is 32.1 Å². The van der Waals surface area contributed by atoms with E-state index in [0.29, 0.717) is 8.77 Å². The van der Waals surface area contributed by atoms with Crippen LogP contribution in [0.4, 0.5) is 0 Å². The third kappa shape index (κ3) is 7.24. The Morgan fingerprint density at radius 3 is 1.54 bits per heavy atom. The molecule has 0 heterocycles. The molecule has 13 heavy (non-hydrogen) atoms. The maximum atomic E-state index is 4.99. The van der Waals surface area contributed by atoms with E-state index in [9.17, 15) is 0 Å². The number of hydrogen-bond acceptors (Lipinski definition) is 6. The molecule has 0 amide bonds. The van der Waals surface area contributed by atoms with Crippen molar-refractivity contribution < 1.29 is 9.47 Å². The first-order valence-corrected chi connectivity index (χ1v) is 18.6. The summed E-state index contributed by atoms with van der Waals surface area (Å²) in [6.45, 7) is 0. The third-order valence-electron chi connectivity index (χ3n) is 0.992. The average Bonchev–Trinajstić information content (AvgIpc) is 2.02. The van der Waals surface area contributed by atoms with Gasteiger partial charge in [-0.15, -0.1) is 0 Å². The van der Waals surface area contributed by atoms with E-state index < -0.39 is 15.6 Å². The van der Waals surface area contributed by atoms with Crippen molar-refractivity contribution in [2.24, 2.45) is 0 Å². The van der Waals surface area contributed by atoms with Crippen molar-refractivity contribution in [3.05, 3.63) is 0 Å². The van der Waals surface area contributed by atoms with Gasteiger partial charge >= 0.3 is 100 Å². The van der Waals surface area contributed by atoms with Crippen LogP contribution in [0.5, 0.6) is 0 Å². The van der Waals surface area contributed by atoms with Crippen molar-refractivity contribution in [3.8, 4) is 0 Å². The zero-order valence-corrected chi connectivity index (χ0v) is 14.1. The van der Waals surface area contributed by atoms with E-state index >= 15 is 0 Å². The molecule has 0 aromatic carbocycles. The third-order valence-corrected chi connectivity index (χ3v) is 21.0. The van der Waals surface area contributed by atoms with Crippen LogP contribution in [0.15, 0.2) is 0 Å². The monoisotopic (exact) mass is 364 g/mol. The summed E-state index contributed by atoms with van der Waals surface area (Å²) in [6, 6.07) is 0. The van der Waals surface area contributed by atoms with Crippen LogP contribution >= 0.6 is 42.3 Å². The van der Waals surface area contributed by atoms with Crippen LogP contribution in [0.3, 0.4) is 0 Å². The zero-order valence-electron chi connectivity index (χ0n) is 7.95. The number of thiocarbonyl (C=S) groups is 2. The Morgan fingerprint density at radius 1 is 1.00 bits per heavy atom. The van der Waals surface area contributed by atoms with E-state index in [4.69, 9.17) is 33.9 Å². The number of methoxy groups -OCH3 is 2. The van der Waals surface area contributed by atoms with Gasteiger partial charge in [0.2, 0.25) is 0 Å². The molecule has 0 aliphatic rings. The van der Waals surface area contributed by atoms with Crippen LogP contribution in [-0.2, 0) is 9.47 Å². The van der Waals surface area contributed by atoms with Gasteiger partial charge in [0.1, 0.15) is 0 Å². The van der Waals surface area contributed by atoms with Crippen molar-refractivity contribution in [3.63, 3.8) is 0 Å². The molecule has 7 heteroatoms. The summed E-state index contributed by atoms with van der Waals surface area (Å²) in [7, 11) is 6.51. The molecule has 0 spiro atoms. The van der Waals surface area contributed by atoms with Gasteiger partial charge in [0.05, 0.1) is 0 Å². The molecular formula is C6H12O2S4Sn. The van der Waals surface area contributed by atoms with Gasteiger partial charge in [-0.2, -0.15) is 0 Å². The van der Waals surface area contributed by atoms with Crippen LogP contribution < -0.4 is 0 Å². The molecular weight excluding hydrogens is 351 g/mol. The maximum absolute atomic E-state index is 4.99. The van der Waals surface area contributed by atoms with Gasteiger partial charge < -0.3 is 0 Å². The summed E-state index contributed by atoms with van der Waals surface area (Å²) in [4.78, 5) is 4.45. The Labute approximate surface area is 99.3 Å². The Kier molecular flexibility index (Phi) is 7.37. The normalized spacial score (nSPS) is 10.8. The number of hydrogen-bond donors (Lipinski definition) is 0. The topological polar surface area (TPSA) is 18.5 Å². The average molecular weight is 363 g/mol. The molecule has 0 atom stereocenters. The SMILES string of the molecule is COC(=S)[S][Sn]([CH3])([CH3])[S]C(=S)OC. The summed E-state index contributed by atoms with van der Waals surface area (Å²) in [5.74, 6) is 0. The summed E-state index contributed by atoms with van der Waals surface area (Å²) in [5, 5.41) is 0. The second-order valence-electron chi connectivity index (χ2n) is 2.51. The van der Waals surface area contributed by atoms with E-state index in [1.807, 2.05) is 0 Å². The fraction of sp³-hybridized carbons (Fsp3) is 0.667. The van der Waals surface area contributed by atoms with Crippen molar-refractivity contribution in [1.29, 1.82) is 0 Å². The summed E-state index contributed by atoms with van der Waals surface area (Å²) >= 11 is 7.68. The Morgan fingerprint density at radius 2 is 1.31 bits per heavy atom. The molecule has 0 aromatic rings. The van der Waals surface area contributed by atoms with Crippen molar-refractivity contribution in [2.75, 3.05) is 14.2 Å². The number of ether oxygens (including phenoxy) is 2.